The van der Waals surface area contributed by atoms with E-state index in [9.17, 15) is 27.2 Å². The lowest BCUT2D eigenvalue weighted by atomic mass is 10.0. The molecule has 2 N–H and O–H groups in total. The summed E-state index contributed by atoms with van der Waals surface area (Å²) in [5.41, 5.74) is 3.05. The van der Waals surface area contributed by atoms with Crippen LogP contribution in [0.5, 0.6) is 0 Å². The largest absolute Gasteiger partial charge is 0.491 e. The van der Waals surface area contributed by atoms with Gasteiger partial charge in [0.25, 0.3) is 5.91 Å². The van der Waals surface area contributed by atoms with Gasteiger partial charge < -0.3 is 9.64 Å². The molecule has 110 valence electrons. The van der Waals surface area contributed by atoms with Gasteiger partial charge in [-0.1, -0.05) is 13.3 Å². The lowest BCUT2D eigenvalue weighted by molar-refractivity contribution is -0.217. The molecule has 0 radical (unpaired) electrons. The van der Waals surface area contributed by atoms with Crippen LogP contribution >= 0.6 is 0 Å². The van der Waals surface area contributed by atoms with Gasteiger partial charge in [-0.15, -0.1) is 0 Å². The molecule has 1 heterocycles. The number of nitrogens with zero attached hydrogens (tertiary/aromatic N) is 1. The maximum atomic E-state index is 12.6. The fourth-order valence-corrected chi connectivity index (χ4v) is 1.65. The number of carbonyl (C=O) groups excluding carboxylic acids is 2. The first-order chi connectivity index (χ1) is 8.60. The van der Waals surface area contributed by atoms with Gasteiger partial charge in [0, 0.05) is 6.42 Å². The molecule has 5 nitrogen and oxygen atoms in total. The molecule has 1 aliphatic heterocycles. The number of carbonyl (C=O) groups is 2. The molecular weight excluding hydrogens is 272 g/mol. The minimum absolute atomic E-state index is 0.222. The van der Waals surface area contributed by atoms with Crippen molar-refractivity contribution in [2.45, 2.75) is 37.8 Å². The standard InChI is InChI=1S/C10H14F4N2O3/c1-2-3-9(15,19-8(18)10(12,13)14)7(17)16-4-6(11)5-16/h6H,2-5,15H2,1H3/t9-/m1/s1. The number of amides is 1. The molecule has 1 atom stereocenters. The van der Waals surface area contributed by atoms with Crippen LogP contribution in [0, 0.1) is 0 Å². The number of ether oxygens (including phenoxy) is 1. The van der Waals surface area contributed by atoms with Crippen molar-refractivity contribution >= 4 is 11.9 Å². The average Bonchev–Trinajstić information content (AvgIpc) is 2.22. The summed E-state index contributed by atoms with van der Waals surface area (Å²) in [6.07, 6.45) is -6.52. The Morgan fingerprint density at radius 3 is 2.26 bits per heavy atom. The second-order valence-corrected chi connectivity index (χ2v) is 4.33. The molecule has 19 heavy (non-hydrogen) atoms. The number of esters is 1. The molecule has 1 saturated heterocycles. The Labute approximate surface area is 106 Å². The molecule has 1 aliphatic rings. The maximum Gasteiger partial charge on any atom is 0.491 e. The number of nitrogens with two attached hydrogens (primary N) is 1. The topological polar surface area (TPSA) is 72.6 Å². The molecule has 0 saturated carbocycles. The molecule has 1 fully saturated rings. The monoisotopic (exact) mass is 286 g/mol. The number of hydrogen-bond donors (Lipinski definition) is 1. The lowest BCUT2D eigenvalue weighted by Crippen LogP contribution is -2.64. The predicted molar refractivity (Wildman–Crippen MR) is 55.4 cm³/mol. The van der Waals surface area contributed by atoms with Gasteiger partial charge in [-0.2, -0.15) is 13.2 Å². The summed E-state index contributed by atoms with van der Waals surface area (Å²) in [7, 11) is 0. The third kappa shape index (κ3) is 3.55. The van der Waals surface area contributed by atoms with Crippen molar-refractivity contribution in [1.82, 2.24) is 4.90 Å². The van der Waals surface area contributed by atoms with Crippen LogP contribution < -0.4 is 5.73 Å². The number of hydrogen-bond acceptors (Lipinski definition) is 4. The van der Waals surface area contributed by atoms with Crippen LogP contribution in [0.2, 0.25) is 0 Å². The van der Waals surface area contributed by atoms with Crippen molar-refractivity contribution < 1.29 is 31.9 Å². The fourth-order valence-electron chi connectivity index (χ4n) is 1.65. The Morgan fingerprint density at radius 1 is 1.37 bits per heavy atom. The van der Waals surface area contributed by atoms with Crippen LogP contribution in [0.1, 0.15) is 19.8 Å². The van der Waals surface area contributed by atoms with Gasteiger partial charge in [0.15, 0.2) is 0 Å². The molecular formula is C10H14F4N2O3. The average molecular weight is 286 g/mol. The number of halogens is 4. The van der Waals surface area contributed by atoms with Gasteiger partial charge in [-0.25, -0.2) is 9.18 Å². The molecule has 1 rings (SSSR count). The minimum Gasteiger partial charge on any atom is -0.428 e. The second-order valence-electron chi connectivity index (χ2n) is 4.33. The van der Waals surface area contributed by atoms with Gasteiger partial charge in [-0.05, 0) is 0 Å². The third-order valence-electron chi connectivity index (χ3n) is 2.61. The number of rotatable bonds is 4. The van der Waals surface area contributed by atoms with E-state index in [1.807, 2.05) is 0 Å². The fraction of sp³-hybridized carbons (Fsp3) is 0.800. The predicted octanol–water partition coefficient (Wildman–Crippen LogP) is 0.727. The van der Waals surface area contributed by atoms with E-state index in [1.54, 1.807) is 6.92 Å². The number of alkyl halides is 4. The summed E-state index contributed by atoms with van der Waals surface area (Å²) in [5.74, 6) is -3.55. The van der Waals surface area contributed by atoms with Crippen LogP contribution in [0.3, 0.4) is 0 Å². The zero-order valence-electron chi connectivity index (χ0n) is 10.2. The second kappa shape index (κ2) is 5.32. The summed E-state index contributed by atoms with van der Waals surface area (Å²) in [4.78, 5) is 23.5. The van der Waals surface area contributed by atoms with Gasteiger partial charge >= 0.3 is 12.1 Å². The summed E-state index contributed by atoms with van der Waals surface area (Å²) < 4.78 is 53.1. The zero-order valence-corrected chi connectivity index (χ0v) is 10.2. The Morgan fingerprint density at radius 2 is 1.89 bits per heavy atom. The van der Waals surface area contributed by atoms with E-state index < -0.39 is 29.9 Å². The highest BCUT2D eigenvalue weighted by Crippen LogP contribution is 2.25. The molecule has 0 spiro atoms. The first-order valence-corrected chi connectivity index (χ1v) is 5.62. The molecule has 0 bridgehead atoms. The van der Waals surface area contributed by atoms with Crippen LogP contribution in [0.25, 0.3) is 0 Å². The van der Waals surface area contributed by atoms with Gasteiger partial charge in [-0.3, -0.25) is 10.5 Å². The van der Waals surface area contributed by atoms with Crippen LogP contribution in [-0.2, 0) is 14.3 Å². The Kier molecular flexibility index (Phi) is 4.39. The zero-order chi connectivity index (χ0) is 14.8. The first kappa shape index (κ1) is 15.7. The van der Waals surface area contributed by atoms with Crippen molar-refractivity contribution in [3.05, 3.63) is 0 Å². The van der Waals surface area contributed by atoms with Crippen molar-refractivity contribution in [1.29, 1.82) is 0 Å². The molecule has 0 aliphatic carbocycles. The molecule has 1 amide bonds. The van der Waals surface area contributed by atoms with Gasteiger partial charge in [0.1, 0.15) is 6.17 Å². The third-order valence-corrected chi connectivity index (χ3v) is 2.61. The molecule has 0 aromatic heterocycles. The van der Waals surface area contributed by atoms with Crippen molar-refractivity contribution in [2.75, 3.05) is 13.1 Å². The normalized spacial score (nSPS) is 19.6. The molecule has 9 heteroatoms. The Balaban J connectivity index is 2.79. The summed E-state index contributed by atoms with van der Waals surface area (Å²) in [5, 5.41) is 0. The van der Waals surface area contributed by atoms with Gasteiger partial charge in [0.05, 0.1) is 13.1 Å². The van der Waals surface area contributed by atoms with Crippen molar-refractivity contribution in [3.63, 3.8) is 0 Å². The highest BCUT2D eigenvalue weighted by molar-refractivity contribution is 5.88. The van der Waals surface area contributed by atoms with Crippen LogP contribution in [0.4, 0.5) is 17.6 Å². The van der Waals surface area contributed by atoms with E-state index in [4.69, 9.17) is 5.73 Å². The van der Waals surface area contributed by atoms with E-state index in [0.717, 1.165) is 4.90 Å². The molecule has 0 unspecified atom stereocenters. The van der Waals surface area contributed by atoms with Crippen LogP contribution in [0.15, 0.2) is 0 Å². The van der Waals surface area contributed by atoms with E-state index in [0.29, 0.717) is 0 Å². The van der Waals surface area contributed by atoms with Gasteiger partial charge in [0.2, 0.25) is 5.72 Å². The molecule has 0 aromatic rings. The van der Waals surface area contributed by atoms with E-state index in [2.05, 4.69) is 4.74 Å². The van der Waals surface area contributed by atoms with E-state index in [-0.39, 0.29) is 25.9 Å². The van der Waals surface area contributed by atoms with E-state index >= 15 is 0 Å². The van der Waals surface area contributed by atoms with Crippen LogP contribution in [-0.4, -0.2) is 47.9 Å². The Bertz CT molecular complexity index is 368. The first-order valence-electron chi connectivity index (χ1n) is 5.62. The highest BCUT2D eigenvalue weighted by atomic mass is 19.4. The Hall–Kier alpha value is -1.38. The van der Waals surface area contributed by atoms with Crippen molar-refractivity contribution in [2.24, 2.45) is 5.73 Å². The van der Waals surface area contributed by atoms with E-state index in [1.165, 1.54) is 0 Å². The lowest BCUT2D eigenvalue weighted by Gasteiger charge is -2.40. The maximum absolute atomic E-state index is 12.6. The smallest absolute Gasteiger partial charge is 0.428 e. The molecule has 0 aromatic carbocycles. The summed E-state index contributed by atoms with van der Waals surface area (Å²) >= 11 is 0. The summed E-state index contributed by atoms with van der Waals surface area (Å²) in [6, 6.07) is 0. The minimum atomic E-state index is -5.24. The summed E-state index contributed by atoms with van der Waals surface area (Å²) in [6.45, 7) is 1.04. The van der Waals surface area contributed by atoms with Crippen molar-refractivity contribution in [3.8, 4) is 0 Å². The number of likely N-dealkylation sites (tertiary alicyclic amines) is 1. The highest BCUT2D eigenvalue weighted by Gasteiger charge is 2.50. The SMILES string of the molecule is CCC[C@@](N)(OC(=O)C(F)(F)F)C(=O)N1CC(F)C1. The quantitative estimate of drug-likeness (QED) is 0.470.